The molecule has 0 saturated carbocycles. The summed E-state index contributed by atoms with van der Waals surface area (Å²) < 4.78 is 0. The minimum Gasteiger partial charge on any atom is -0.356 e. The first-order chi connectivity index (χ1) is 17.1. The van der Waals surface area contributed by atoms with E-state index in [1.54, 1.807) is 0 Å². The average Bonchev–Trinajstić information content (AvgIpc) is 3.19. The Morgan fingerprint density at radius 2 is 0.943 bits per heavy atom. The van der Waals surface area contributed by atoms with Gasteiger partial charge in [-0.05, 0) is 68.8 Å². The van der Waals surface area contributed by atoms with Crippen LogP contribution in [0.15, 0.2) is 121 Å². The van der Waals surface area contributed by atoms with Gasteiger partial charge in [-0.25, -0.2) is 0 Å². The van der Waals surface area contributed by atoms with Crippen molar-refractivity contribution in [3.63, 3.8) is 0 Å². The lowest BCUT2D eigenvalue weighted by atomic mass is 9.55. The molecule has 7 rings (SSSR count). The van der Waals surface area contributed by atoms with Crippen molar-refractivity contribution in [1.82, 2.24) is 0 Å². The van der Waals surface area contributed by atoms with Gasteiger partial charge >= 0.3 is 0 Å². The third kappa shape index (κ3) is 2.64. The third-order valence-electron chi connectivity index (χ3n) is 8.12. The van der Waals surface area contributed by atoms with Gasteiger partial charge in [0.05, 0.1) is 5.41 Å². The van der Waals surface area contributed by atoms with E-state index in [1.165, 1.54) is 44.5 Å². The molecule has 0 amide bonds. The first-order valence-corrected chi connectivity index (χ1v) is 12.4. The normalized spacial score (nSPS) is 15.6. The van der Waals surface area contributed by atoms with Crippen molar-refractivity contribution in [2.24, 2.45) is 0 Å². The van der Waals surface area contributed by atoms with Crippen molar-refractivity contribution >= 4 is 11.4 Å². The second-order valence-corrected chi connectivity index (χ2v) is 10.3. The van der Waals surface area contributed by atoms with E-state index < -0.39 is 0 Å². The number of anilines is 2. The smallest absolute Gasteiger partial charge is 0.0719 e. The van der Waals surface area contributed by atoms with Gasteiger partial charge in [-0.3, -0.25) is 0 Å². The maximum absolute atomic E-state index is 3.61. The van der Waals surface area contributed by atoms with Crippen LogP contribution in [-0.4, -0.2) is 0 Å². The Morgan fingerprint density at radius 3 is 1.60 bits per heavy atom. The van der Waals surface area contributed by atoms with E-state index in [0.717, 1.165) is 11.4 Å². The van der Waals surface area contributed by atoms with Crippen molar-refractivity contribution < 1.29 is 0 Å². The molecule has 5 aromatic carbocycles. The molecule has 1 nitrogen and oxygen atoms in total. The first kappa shape index (κ1) is 20.3. The average molecular weight is 450 g/mol. The van der Waals surface area contributed by atoms with Crippen molar-refractivity contribution in [1.29, 1.82) is 0 Å². The van der Waals surface area contributed by atoms with E-state index >= 15 is 0 Å². The predicted octanol–water partition coefficient (Wildman–Crippen LogP) is 8.43. The Labute approximate surface area is 207 Å². The minimum absolute atomic E-state index is 0.0645. The number of hydrogen-bond acceptors (Lipinski definition) is 1. The van der Waals surface area contributed by atoms with Crippen molar-refractivity contribution in [2.75, 3.05) is 5.32 Å². The molecule has 2 aliphatic carbocycles. The van der Waals surface area contributed by atoms with Gasteiger partial charge in [0.2, 0.25) is 0 Å². The second-order valence-electron chi connectivity index (χ2n) is 10.3. The zero-order valence-electron chi connectivity index (χ0n) is 20.0. The van der Waals surface area contributed by atoms with E-state index in [4.69, 9.17) is 0 Å². The fourth-order valence-corrected chi connectivity index (χ4v) is 6.63. The van der Waals surface area contributed by atoms with E-state index in [2.05, 4.69) is 134 Å². The molecule has 0 saturated heterocycles. The van der Waals surface area contributed by atoms with Crippen molar-refractivity contribution in [3.8, 4) is 11.1 Å². The van der Waals surface area contributed by atoms with Crippen LogP contribution in [0.3, 0.4) is 0 Å². The van der Waals surface area contributed by atoms with Gasteiger partial charge in [-0.15, -0.1) is 0 Å². The van der Waals surface area contributed by atoms with Crippen LogP contribution in [0.1, 0.15) is 47.2 Å². The van der Waals surface area contributed by atoms with Crippen LogP contribution in [0.4, 0.5) is 11.4 Å². The van der Waals surface area contributed by atoms with E-state index in [9.17, 15) is 0 Å². The van der Waals surface area contributed by atoms with Gasteiger partial charge in [0.15, 0.2) is 0 Å². The highest BCUT2D eigenvalue weighted by Gasteiger charge is 2.53. The summed E-state index contributed by atoms with van der Waals surface area (Å²) in [4.78, 5) is 0. The number of nitrogens with one attached hydrogen (secondary N) is 1. The molecule has 0 radical (unpaired) electrons. The summed E-state index contributed by atoms with van der Waals surface area (Å²) in [6, 6.07) is 44.5. The number of hydrogen-bond donors (Lipinski definition) is 1. The zero-order chi connectivity index (χ0) is 23.6. The Morgan fingerprint density at radius 1 is 0.429 bits per heavy atom. The largest absolute Gasteiger partial charge is 0.356 e. The molecular weight excluding hydrogens is 422 g/mol. The zero-order valence-corrected chi connectivity index (χ0v) is 20.0. The Balaban J connectivity index is 1.56. The molecule has 0 fully saturated rings. The molecule has 0 atom stereocenters. The molecule has 1 heteroatoms. The molecule has 0 heterocycles. The van der Waals surface area contributed by atoms with Gasteiger partial charge < -0.3 is 5.32 Å². The number of para-hydroxylation sites is 1. The standard InChI is InChI=1S/C34H27N/c1-33(2)29-16-8-10-18-31(29)34(32-19-11-9-17-30(32)33)27-15-7-6-14-25(27)26-22-24(20-21-28(26)34)35-23-12-4-3-5-13-23/h3-22,35H,1-2H3. The molecular formula is C34H27N. The Bertz CT molecular complexity index is 1540. The molecule has 1 spiro atoms. The van der Waals surface area contributed by atoms with Crippen LogP contribution in [0.5, 0.6) is 0 Å². The molecule has 0 bridgehead atoms. The minimum atomic E-state index is -0.320. The maximum atomic E-state index is 3.61. The lowest BCUT2D eigenvalue weighted by Crippen LogP contribution is -2.40. The van der Waals surface area contributed by atoms with Gasteiger partial charge in [-0.2, -0.15) is 0 Å². The monoisotopic (exact) mass is 449 g/mol. The van der Waals surface area contributed by atoms with E-state index in [-0.39, 0.29) is 10.8 Å². The van der Waals surface area contributed by atoms with Gasteiger partial charge in [-0.1, -0.05) is 111 Å². The molecule has 168 valence electrons. The molecule has 0 unspecified atom stereocenters. The maximum Gasteiger partial charge on any atom is 0.0719 e. The third-order valence-corrected chi connectivity index (χ3v) is 8.12. The van der Waals surface area contributed by atoms with Crippen LogP contribution < -0.4 is 5.32 Å². The summed E-state index contributed by atoms with van der Waals surface area (Å²) in [5.74, 6) is 0. The number of fused-ring (bicyclic) bond motifs is 9. The molecule has 0 aromatic heterocycles. The molecule has 35 heavy (non-hydrogen) atoms. The topological polar surface area (TPSA) is 12.0 Å². The molecule has 1 N–H and O–H groups in total. The summed E-state index contributed by atoms with van der Waals surface area (Å²) in [6.07, 6.45) is 0. The highest BCUT2D eigenvalue weighted by atomic mass is 14.9. The summed E-state index contributed by atoms with van der Waals surface area (Å²) in [5.41, 5.74) is 12.8. The Hall–Kier alpha value is -4.10. The molecule has 0 aliphatic heterocycles. The first-order valence-electron chi connectivity index (χ1n) is 12.4. The van der Waals surface area contributed by atoms with Crippen LogP contribution in [0.2, 0.25) is 0 Å². The van der Waals surface area contributed by atoms with Crippen molar-refractivity contribution in [2.45, 2.75) is 24.7 Å². The number of rotatable bonds is 2. The SMILES string of the molecule is CC1(C)c2ccccc2C2(c3ccccc3-c3cc(Nc4ccccc4)ccc32)c2ccccc21. The van der Waals surface area contributed by atoms with Gasteiger partial charge in [0, 0.05) is 16.8 Å². The van der Waals surface area contributed by atoms with E-state index in [1.807, 2.05) is 6.07 Å². The van der Waals surface area contributed by atoms with E-state index in [0.29, 0.717) is 0 Å². The van der Waals surface area contributed by atoms with Crippen molar-refractivity contribution in [3.05, 3.63) is 155 Å². The van der Waals surface area contributed by atoms with Gasteiger partial charge in [0.1, 0.15) is 0 Å². The fraction of sp³-hybridized carbons (Fsp3) is 0.118. The molecule has 5 aromatic rings. The fourth-order valence-electron chi connectivity index (χ4n) is 6.63. The second kappa shape index (κ2) is 7.20. The van der Waals surface area contributed by atoms with Crippen LogP contribution >= 0.6 is 0 Å². The lowest BCUT2D eigenvalue weighted by molar-refractivity contribution is 0.563. The summed E-state index contributed by atoms with van der Waals surface area (Å²) >= 11 is 0. The highest BCUT2D eigenvalue weighted by molar-refractivity contribution is 5.90. The quantitative estimate of drug-likeness (QED) is 0.280. The van der Waals surface area contributed by atoms with Crippen LogP contribution in [0, 0.1) is 0 Å². The molecule has 2 aliphatic rings. The van der Waals surface area contributed by atoms with Crippen LogP contribution in [-0.2, 0) is 10.8 Å². The number of benzene rings is 5. The summed E-state index contributed by atoms with van der Waals surface area (Å²) in [7, 11) is 0. The lowest BCUT2D eigenvalue weighted by Gasteiger charge is -2.46. The summed E-state index contributed by atoms with van der Waals surface area (Å²) in [6.45, 7) is 4.73. The highest BCUT2D eigenvalue weighted by Crippen LogP contribution is 2.62. The van der Waals surface area contributed by atoms with Gasteiger partial charge in [0.25, 0.3) is 0 Å². The van der Waals surface area contributed by atoms with Crippen LogP contribution in [0.25, 0.3) is 11.1 Å². The summed E-state index contributed by atoms with van der Waals surface area (Å²) in [5, 5.41) is 3.61. The Kier molecular flexibility index (Phi) is 4.17. The predicted molar refractivity (Wildman–Crippen MR) is 146 cm³/mol.